The first-order valence-electron chi connectivity index (χ1n) is 13.1. The molecule has 10 nitrogen and oxygen atoms in total. The van der Waals surface area contributed by atoms with E-state index >= 15 is 0 Å². The molecule has 1 atom stereocenters. The Balaban J connectivity index is 1.32. The van der Waals surface area contributed by atoms with Crippen molar-refractivity contribution in [2.45, 2.75) is 17.1 Å². The summed E-state index contributed by atoms with van der Waals surface area (Å²) >= 11 is 0. The van der Waals surface area contributed by atoms with E-state index in [2.05, 4.69) is 20.7 Å². The number of benzene rings is 3. The largest absolute Gasteiger partial charge is 0.482 e. The van der Waals surface area contributed by atoms with Crippen LogP contribution in [0, 0.1) is 17.5 Å². The van der Waals surface area contributed by atoms with Gasteiger partial charge in [0.05, 0.1) is 10.6 Å². The summed E-state index contributed by atoms with van der Waals surface area (Å²) in [5.41, 5.74) is 7.20. The summed E-state index contributed by atoms with van der Waals surface area (Å²) in [7, 11) is -3.74. The Hall–Kier alpha value is -5.16. The third kappa shape index (κ3) is 7.37. The van der Waals surface area contributed by atoms with Crippen molar-refractivity contribution in [3.8, 4) is 16.9 Å². The number of anilines is 3. The average Bonchev–Trinajstić information content (AvgIpc) is 3.39. The van der Waals surface area contributed by atoms with Gasteiger partial charge in [-0.1, -0.05) is 12.1 Å². The highest BCUT2D eigenvalue weighted by Crippen LogP contribution is 2.32. The molecule has 0 aliphatic carbocycles. The van der Waals surface area contributed by atoms with Gasteiger partial charge >= 0.3 is 6.18 Å². The Labute approximate surface area is 256 Å². The Bertz CT molecular complexity index is 2050. The SMILES string of the molecule is CS(=O)(=O)c1ccc(Nc2nc3ccc(-c4ccc(NC(=O)[C@@H](N)c5cc(F)c(F)cc5F)cc4)cn3n2)c(OCC(F)(F)F)c1. The lowest BCUT2D eigenvalue weighted by Crippen LogP contribution is -2.28. The molecule has 0 aliphatic heterocycles. The number of aromatic nitrogens is 3. The van der Waals surface area contributed by atoms with Crippen LogP contribution < -0.4 is 21.1 Å². The van der Waals surface area contributed by atoms with Gasteiger partial charge in [0.25, 0.3) is 0 Å². The van der Waals surface area contributed by atoms with Crippen molar-refractivity contribution in [3.63, 3.8) is 0 Å². The van der Waals surface area contributed by atoms with Gasteiger partial charge in [-0.3, -0.25) is 4.79 Å². The molecule has 0 saturated carbocycles. The number of nitrogens with two attached hydrogens (primary N) is 1. The second-order valence-corrected chi connectivity index (χ2v) is 12.0. The molecule has 5 aromatic rings. The molecule has 2 aromatic heterocycles. The lowest BCUT2D eigenvalue weighted by Gasteiger charge is -2.14. The lowest BCUT2D eigenvalue weighted by atomic mass is 10.0. The van der Waals surface area contributed by atoms with Crippen LogP contribution in [0.4, 0.5) is 43.7 Å². The normalized spacial score (nSPS) is 12.6. The minimum absolute atomic E-state index is 0.00238. The monoisotopic (exact) mass is 664 g/mol. The summed E-state index contributed by atoms with van der Waals surface area (Å²) in [6.45, 7) is -1.65. The summed E-state index contributed by atoms with van der Waals surface area (Å²) < 4.78 is 109. The van der Waals surface area contributed by atoms with Crippen molar-refractivity contribution < 1.29 is 44.3 Å². The topological polar surface area (TPSA) is 141 Å². The number of halogens is 6. The zero-order chi connectivity index (χ0) is 33.4. The Morgan fingerprint density at radius 2 is 1.63 bits per heavy atom. The number of sulfone groups is 1. The first-order chi connectivity index (χ1) is 21.6. The van der Waals surface area contributed by atoms with Crippen LogP contribution in [0.5, 0.6) is 5.75 Å². The number of hydrogen-bond acceptors (Lipinski definition) is 8. The molecule has 1 amide bonds. The molecule has 0 radical (unpaired) electrons. The highest BCUT2D eigenvalue weighted by Gasteiger charge is 2.29. The molecule has 0 saturated heterocycles. The molecule has 4 N–H and O–H groups in total. The van der Waals surface area contributed by atoms with Gasteiger partial charge in [-0.25, -0.2) is 26.1 Å². The zero-order valence-corrected chi connectivity index (χ0v) is 24.3. The van der Waals surface area contributed by atoms with Crippen LogP contribution in [0.15, 0.2) is 77.8 Å². The maximum Gasteiger partial charge on any atom is 0.422 e. The standard InChI is InChI=1S/C29H22F6N6O4S/c1-46(43,44)18-7-8-23(24(10-18)45-14-29(33,34)35)38-28-39-25-9-4-16(13-41(25)40-28)15-2-5-17(6-3-15)37-27(42)26(36)19-11-21(31)22(32)12-20(19)30/h2-13,26H,14,36H2,1H3,(H,37,42)(H,38,40)/t26-/m0/s1. The Morgan fingerprint density at radius 1 is 0.957 bits per heavy atom. The number of carbonyl (C=O) groups is 1. The first-order valence-corrected chi connectivity index (χ1v) is 14.9. The highest BCUT2D eigenvalue weighted by molar-refractivity contribution is 7.90. The molecular formula is C29H22F6N6O4S. The summed E-state index contributed by atoms with van der Waals surface area (Å²) in [4.78, 5) is 16.6. The zero-order valence-electron chi connectivity index (χ0n) is 23.4. The van der Waals surface area contributed by atoms with Crippen LogP contribution in [-0.2, 0) is 14.6 Å². The minimum atomic E-state index is -4.67. The van der Waals surface area contributed by atoms with Crippen LogP contribution in [0.2, 0.25) is 0 Å². The molecule has 0 unspecified atom stereocenters. The third-order valence-electron chi connectivity index (χ3n) is 6.49. The number of carbonyl (C=O) groups excluding carboxylic acids is 1. The maximum atomic E-state index is 14.0. The second kappa shape index (κ2) is 12.3. The van der Waals surface area contributed by atoms with Gasteiger partial charge in [0.15, 0.2) is 33.7 Å². The van der Waals surface area contributed by atoms with E-state index in [-0.39, 0.29) is 28.0 Å². The number of rotatable bonds is 9. The molecule has 0 fully saturated rings. The van der Waals surface area contributed by atoms with Crippen molar-refractivity contribution in [3.05, 3.63) is 95.9 Å². The van der Waals surface area contributed by atoms with Gasteiger partial charge in [0.2, 0.25) is 11.9 Å². The van der Waals surface area contributed by atoms with Gasteiger partial charge in [0, 0.05) is 41.4 Å². The van der Waals surface area contributed by atoms with E-state index in [0.717, 1.165) is 12.3 Å². The van der Waals surface area contributed by atoms with Gasteiger partial charge in [-0.15, -0.1) is 5.10 Å². The second-order valence-electron chi connectivity index (χ2n) is 9.95. The number of hydrogen-bond donors (Lipinski definition) is 3. The van der Waals surface area contributed by atoms with Gasteiger partial charge in [-0.2, -0.15) is 18.2 Å². The van der Waals surface area contributed by atoms with Gasteiger partial charge in [0.1, 0.15) is 17.6 Å². The van der Waals surface area contributed by atoms with Crippen LogP contribution in [-0.4, -0.2) is 48.0 Å². The summed E-state index contributed by atoms with van der Waals surface area (Å²) in [6, 6.07) is 12.3. The minimum Gasteiger partial charge on any atom is -0.482 e. The van der Waals surface area contributed by atoms with Gasteiger partial charge < -0.3 is 21.1 Å². The van der Waals surface area contributed by atoms with E-state index < -0.39 is 57.6 Å². The quantitative estimate of drug-likeness (QED) is 0.138. The lowest BCUT2D eigenvalue weighted by molar-refractivity contribution is -0.153. The van der Waals surface area contributed by atoms with Crippen molar-refractivity contribution in [1.29, 1.82) is 0 Å². The van der Waals surface area contributed by atoms with E-state index in [9.17, 15) is 39.6 Å². The number of alkyl halides is 3. The van der Waals surface area contributed by atoms with E-state index in [1.807, 2.05) is 0 Å². The van der Waals surface area contributed by atoms with Crippen molar-refractivity contribution in [2.24, 2.45) is 5.73 Å². The van der Waals surface area contributed by atoms with Crippen LogP contribution in [0.3, 0.4) is 0 Å². The summed E-state index contributed by atoms with van der Waals surface area (Å²) in [5, 5.41) is 9.52. The number of ether oxygens (including phenoxy) is 1. The molecule has 2 heterocycles. The summed E-state index contributed by atoms with van der Waals surface area (Å²) in [5.74, 6) is -5.18. The van der Waals surface area contributed by atoms with Crippen LogP contribution >= 0.6 is 0 Å². The van der Waals surface area contributed by atoms with Crippen LogP contribution in [0.25, 0.3) is 16.8 Å². The number of nitrogens with zero attached hydrogens (tertiary/aromatic N) is 3. The highest BCUT2D eigenvalue weighted by atomic mass is 32.2. The Kier molecular flexibility index (Phi) is 8.64. The molecule has 0 spiro atoms. The molecule has 0 aliphatic rings. The number of nitrogens with one attached hydrogen (secondary N) is 2. The predicted molar refractivity (Wildman–Crippen MR) is 155 cm³/mol. The fraction of sp³-hybridized carbons (Fsp3) is 0.138. The van der Waals surface area contributed by atoms with E-state index in [1.54, 1.807) is 30.5 Å². The fourth-order valence-corrected chi connectivity index (χ4v) is 4.86. The maximum absolute atomic E-state index is 14.0. The Morgan fingerprint density at radius 3 is 2.30 bits per heavy atom. The summed E-state index contributed by atoms with van der Waals surface area (Å²) in [6.07, 6.45) is -2.15. The number of fused-ring (bicyclic) bond motifs is 1. The molecule has 5 rings (SSSR count). The van der Waals surface area contributed by atoms with Gasteiger partial charge in [-0.05, 0) is 48.0 Å². The molecule has 3 aromatic carbocycles. The number of amides is 1. The van der Waals surface area contributed by atoms with Crippen molar-refractivity contribution >= 4 is 38.7 Å². The number of pyridine rings is 1. The average molecular weight is 665 g/mol. The van der Waals surface area contributed by atoms with E-state index in [0.29, 0.717) is 28.9 Å². The molecule has 17 heteroatoms. The van der Waals surface area contributed by atoms with Crippen LogP contribution in [0.1, 0.15) is 11.6 Å². The molecule has 240 valence electrons. The van der Waals surface area contributed by atoms with E-state index in [1.165, 1.54) is 28.8 Å². The molecule has 0 bridgehead atoms. The third-order valence-corrected chi connectivity index (χ3v) is 7.60. The van der Waals surface area contributed by atoms with E-state index in [4.69, 9.17) is 10.5 Å². The molecular weight excluding hydrogens is 642 g/mol. The smallest absolute Gasteiger partial charge is 0.422 e. The molecule has 46 heavy (non-hydrogen) atoms. The van der Waals surface area contributed by atoms with Crippen molar-refractivity contribution in [2.75, 3.05) is 23.5 Å². The van der Waals surface area contributed by atoms with Crippen molar-refractivity contribution in [1.82, 2.24) is 14.6 Å². The first kappa shape index (κ1) is 32.2. The predicted octanol–water partition coefficient (Wildman–Crippen LogP) is 5.54. The fourth-order valence-electron chi connectivity index (χ4n) is 4.23.